The van der Waals surface area contributed by atoms with Crippen molar-refractivity contribution in [2.75, 3.05) is 0 Å². The predicted octanol–water partition coefficient (Wildman–Crippen LogP) is 3.86. The molecule has 0 bridgehead atoms. The number of ether oxygens (including phenoxy) is 3. The van der Waals surface area contributed by atoms with E-state index >= 15 is 0 Å². The summed E-state index contributed by atoms with van der Waals surface area (Å²) < 4.78 is 16.3. The van der Waals surface area contributed by atoms with E-state index in [0.29, 0.717) is 23.1 Å². The minimum atomic E-state index is -0.854. The van der Waals surface area contributed by atoms with Gasteiger partial charge < -0.3 is 14.2 Å². The van der Waals surface area contributed by atoms with Gasteiger partial charge in [0.1, 0.15) is 5.60 Å². The molecule has 1 aromatic rings. The van der Waals surface area contributed by atoms with E-state index in [0.717, 1.165) is 10.4 Å². The van der Waals surface area contributed by atoms with Crippen LogP contribution in [0.5, 0.6) is 0 Å². The van der Waals surface area contributed by atoms with Crippen LogP contribution in [-0.4, -0.2) is 34.8 Å². The third-order valence-corrected chi connectivity index (χ3v) is 6.36. The number of thiophene rings is 1. The lowest BCUT2D eigenvalue weighted by Gasteiger charge is -2.26. The number of hydrogen-bond acceptors (Lipinski definition) is 7. The Bertz CT molecular complexity index is 966. The van der Waals surface area contributed by atoms with Gasteiger partial charge in [-0.15, -0.1) is 11.3 Å². The Morgan fingerprint density at radius 3 is 2.66 bits per heavy atom. The molecule has 0 N–H and O–H groups in total. The van der Waals surface area contributed by atoms with Crippen LogP contribution in [0.2, 0.25) is 0 Å². The summed E-state index contributed by atoms with van der Waals surface area (Å²) in [5.41, 5.74) is 1.81. The summed E-state index contributed by atoms with van der Waals surface area (Å²) in [6.07, 6.45) is 0.475. The minimum Gasteiger partial charge on any atom is -0.458 e. The molecule has 3 heterocycles. The normalized spacial score (nSPS) is 27.4. The maximum atomic E-state index is 13.2. The highest BCUT2D eigenvalue weighted by atomic mass is 32.1. The molecule has 0 aromatic carbocycles. The lowest BCUT2D eigenvalue weighted by atomic mass is 9.97. The van der Waals surface area contributed by atoms with E-state index in [1.54, 1.807) is 46.0 Å². The maximum absolute atomic E-state index is 13.2. The minimum absolute atomic E-state index is 0.208. The molecule has 8 heteroatoms. The van der Waals surface area contributed by atoms with Gasteiger partial charge in [0.25, 0.3) is 12.2 Å². The van der Waals surface area contributed by atoms with Crippen LogP contribution in [0.25, 0.3) is 0 Å². The van der Waals surface area contributed by atoms with Crippen molar-refractivity contribution in [2.24, 2.45) is 5.92 Å². The molecular weight excluding hydrogens is 394 g/mol. The van der Waals surface area contributed by atoms with Crippen molar-refractivity contribution in [1.82, 2.24) is 4.90 Å². The van der Waals surface area contributed by atoms with Gasteiger partial charge in [-0.1, -0.05) is 0 Å². The molecule has 1 fully saturated rings. The molecular formula is C21H23NO6S. The number of carbonyl (C=O) groups is 3. The largest absolute Gasteiger partial charge is 0.458 e. The van der Waals surface area contributed by atoms with E-state index in [4.69, 9.17) is 14.2 Å². The second-order valence-corrected chi connectivity index (χ2v) is 9.47. The van der Waals surface area contributed by atoms with Crippen molar-refractivity contribution < 1.29 is 28.6 Å². The Kier molecular flexibility index (Phi) is 4.57. The highest BCUT2D eigenvalue weighted by Crippen LogP contribution is 2.51. The lowest BCUT2D eigenvalue weighted by Crippen LogP contribution is -2.39. The van der Waals surface area contributed by atoms with Crippen molar-refractivity contribution in [2.45, 2.75) is 59.0 Å². The van der Waals surface area contributed by atoms with Gasteiger partial charge in [-0.2, -0.15) is 0 Å². The first-order chi connectivity index (χ1) is 13.6. The number of cyclic esters (lactones) is 1. The Morgan fingerprint density at radius 2 is 2.03 bits per heavy atom. The number of carbonyl (C=O) groups excluding carboxylic acids is 3. The van der Waals surface area contributed by atoms with Crippen LogP contribution in [0.15, 0.2) is 34.4 Å². The van der Waals surface area contributed by atoms with Gasteiger partial charge in [0, 0.05) is 21.9 Å². The number of esters is 1. The summed E-state index contributed by atoms with van der Waals surface area (Å²) in [4.78, 5) is 40.0. The molecule has 4 rings (SSSR count). The summed E-state index contributed by atoms with van der Waals surface area (Å²) in [6, 6.07) is 1.55. The average molecular weight is 417 g/mol. The SMILES string of the molecule is CC1=C(C)C(OC=C2C(=O)N(C(=O)OC(C)(C)C)C3c4ccsc4CC23)OC1=O. The fourth-order valence-corrected chi connectivity index (χ4v) is 4.83. The number of imide groups is 1. The van der Waals surface area contributed by atoms with Gasteiger partial charge in [-0.3, -0.25) is 4.79 Å². The van der Waals surface area contributed by atoms with E-state index in [1.807, 2.05) is 11.4 Å². The highest BCUT2D eigenvalue weighted by molar-refractivity contribution is 7.10. The van der Waals surface area contributed by atoms with Gasteiger partial charge in [0.15, 0.2) is 0 Å². The first-order valence-corrected chi connectivity index (χ1v) is 10.3. The first-order valence-electron chi connectivity index (χ1n) is 9.45. The van der Waals surface area contributed by atoms with E-state index in [-0.39, 0.29) is 5.92 Å². The molecule has 29 heavy (non-hydrogen) atoms. The molecule has 3 aliphatic rings. The zero-order valence-corrected chi connectivity index (χ0v) is 17.8. The molecule has 2 aliphatic heterocycles. The molecule has 1 aliphatic carbocycles. The van der Waals surface area contributed by atoms with Crippen LogP contribution in [-0.2, 0) is 30.2 Å². The van der Waals surface area contributed by atoms with Crippen LogP contribution < -0.4 is 0 Å². The summed E-state index contributed by atoms with van der Waals surface area (Å²) in [7, 11) is 0. The van der Waals surface area contributed by atoms with E-state index in [1.165, 1.54) is 11.2 Å². The van der Waals surface area contributed by atoms with E-state index in [9.17, 15) is 14.4 Å². The summed E-state index contributed by atoms with van der Waals surface area (Å²) in [5.74, 6) is -1.08. The van der Waals surface area contributed by atoms with Crippen molar-refractivity contribution in [1.29, 1.82) is 0 Å². The number of hydrogen-bond donors (Lipinski definition) is 0. The Morgan fingerprint density at radius 1 is 1.31 bits per heavy atom. The van der Waals surface area contributed by atoms with Crippen molar-refractivity contribution in [3.63, 3.8) is 0 Å². The summed E-state index contributed by atoms with van der Waals surface area (Å²) in [5, 5.41) is 1.96. The molecule has 0 spiro atoms. The van der Waals surface area contributed by atoms with Gasteiger partial charge in [-0.05, 0) is 58.0 Å². The standard InChI is InChI=1S/C21H23NO6S/c1-10-11(2)19(27-18(10)24)26-9-14-13-8-15-12(6-7-29-15)16(13)22(17(14)23)20(25)28-21(3,4)5/h6-7,9,13,16,19H,8H2,1-5H3. The van der Waals surface area contributed by atoms with Crippen molar-refractivity contribution in [3.05, 3.63) is 44.9 Å². The molecule has 154 valence electrons. The fraction of sp³-hybridized carbons (Fsp3) is 0.476. The first kappa shape index (κ1) is 19.7. The molecule has 0 saturated carbocycles. The second kappa shape index (κ2) is 6.73. The van der Waals surface area contributed by atoms with E-state index < -0.39 is 35.9 Å². The topological polar surface area (TPSA) is 82.1 Å². The average Bonchev–Trinajstić information content (AvgIpc) is 3.31. The zero-order valence-electron chi connectivity index (χ0n) is 17.0. The van der Waals surface area contributed by atoms with Crippen LogP contribution in [0.1, 0.15) is 51.1 Å². The number of fused-ring (bicyclic) bond motifs is 3. The maximum Gasteiger partial charge on any atom is 0.417 e. The third kappa shape index (κ3) is 3.25. The monoisotopic (exact) mass is 417 g/mol. The van der Waals surface area contributed by atoms with Crippen LogP contribution in [0.3, 0.4) is 0 Å². The molecule has 1 aromatic heterocycles. The molecule has 3 atom stereocenters. The van der Waals surface area contributed by atoms with Gasteiger partial charge >= 0.3 is 12.1 Å². The Hall–Kier alpha value is -2.61. The smallest absolute Gasteiger partial charge is 0.417 e. The van der Waals surface area contributed by atoms with Gasteiger partial charge in [-0.25, -0.2) is 14.5 Å². The quantitative estimate of drug-likeness (QED) is 0.413. The molecule has 3 unspecified atom stereocenters. The number of rotatable bonds is 2. The van der Waals surface area contributed by atoms with Crippen LogP contribution in [0, 0.1) is 5.92 Å². The van der Waals surface area contributed by atoms with Crippen LogP contribution in [0.4, 0.5) is 4.79 Å². The predicted molar refractivity (Wildman–Crippen MR) is 105 cm³/mol. The number of likely N-dealkylation sites (tertiary alicyclic amines) is 1. The van der Waals surface area contributed by atoms with Crippen molar-refractivity contribution >= 4 is 29.3 Å². The van der Waals surface area contributed by atoms with Crippen LogP contribution >= 0.6 is 11.3 Å². The fourth-order valence-electron chi connectivity index (χ4n) is 3.85. The second-order valence-electron chi connectivity index (χ2n) is 8.46. The molecule has 2 amide bonds. The zero-order chi connectivity index (χ0) is 21.1. The van der Waals surface area contributed by atoms with Gasteiger partial charge in [0.05, 0.1) is 17.9 Å². The molecule has 1 saturated heterocycles. The number of nitrogens with zero attached hydrogens (tertiary/aromatic N) is 1. The number of amides is 2. The van der Waals surface area contributed by atoms with E-state index in [2.05, 4.69) is 0 Å². The lowest BCUT2D eigenvalue weighted by molar-refractivity contribution is -0.153. The summed E-state index contributed by atoms with van der Waals surface area (Å²) >= 11 is 1.61. The third-order valence-electron chi connectivity index (χ3n) is 5.40. The Balaban J connectivity index is 1.64. The van der Waals surface area contributed by atoms with Gasteiger partial charge in [0.2, 0.25) is 0 Å². The highest BCUT2D eigenvalue weighted by Gasteiger charge is 2.53. The Labute approximate surface area is 172 Å². The molecule has 7 nitrogen and oxygen atoms in total. The van der Waals surface area contributed by atoms with Crippen molar-refractivity contribution in [3.8, 4) is 0 Å². The summed E-state index contributed by atoms with van der Waals surface area (Å²) in [6.45, 7) is 8.71. The molecule has 0 radical (unpaired) electrons.